The van der Waals surface area contributed by atoms with E-state index >= 15 is 0 Å². The Morgan fingerprint density at radius 1 is 1.15 bits per heavy atom. The number of rotatable bonds is 5. The Morgan fingerprint density at radius 2 is 1.77 bits per heavy atom. The van der Waals surface area contributed by atoms with Crippen LogP contribution in [0, 0.1) is 0 Å². The average molecular weight is 188 g/mol. The molecule has 0 spiro atoms. The summed E-state index contributed by atoms with van der Waals surface area (Å²) in [7, 11) is 0. The molecule has 0 saturated heterocycles. The largest absolute Gasteiger partial charge is 0.370 e. The molecule has 0 aliphatic carbocycles. The quantitative estimate of drug-likeness (QED) is 0.360. The molecule has 74 valence electrons. The molecule has 7 heteroatoms. The number of amides is 4. The van der Waals surface area contributed by atoms with E-state index in [0.717, 1.165) is 0 Å². The van der Waals surface area contributed by atoms with Crippen LogP contribution in [-0.2, 0) is 9.59 Å². The van der Waals surface area contributed by atoms with E-state index in [0.29, 0.717) is 6.54 Å². The highest BCUT2D eigenvalue weighted by atomic mass is 16.2. The molecule has 0 atom stereocenters. The van der Waals surface area contributed by atoms with Gasteiger partial charge in [-0.25, -0.2) is 4.79 Å². The Kier molecular flexibility index (Phi) is 5.20. The van der Waals surface area contributed by atoms with Gasteiger partial charge in [0.2, 0.25) is 11.8 Å². The van der Waals surface area contributed by atoms with E-state index < -0.39 is 17.8 Å². The lowest BCUT2D eigenvalue weighted by molar-refractivity contribution is -0.120. The molecule has 0 aromatic rings. The summed E-state index contributed by atoms with van der Waals surface area (Å²) in [6, 6.07) is -0.901. The van der Waals surface area contributed by atoms with Crippen LogP contribution >= 0.6 is 0 Å². The summed E-state index contributed by atoms with van der Waals surface area (Å²) < 4.78 is 0. The van der Waals surface area contributed by atoms with Crippen LogP contribution in [0.15, 0.2) is 0 Å². The van der Waals surface area contributed by atoms with Crippen molar-refractivity contribution < 1.29 is 14.4 Å². The average Bonchev–Trinajstić information content (AvgIpc) is 1.96. The van der Waals surface area contributed by atoms with Crippen LogP contribution in [0.5, 0.6) is 0 Å². The van der Waals surface area contributed by atoms with Crippen molar-refractivity contribution in [1.82, 2.24) is 10.6 Å². The molecule has 0 saturated carbocycles. The maximum Gasteiger partial charge on any atom is 0.318 e. The van der Waals surface area contributed by atoms with Gasteiger partial charge in [0.05, 0.1) is 6.54 Å². The molecule has 0 radical (unpaired) electrons. The van der Waals surface area contributed by atoms with Crippen molar-refractivity contribution in [2.24, 2.45) is 11.5 Å². The number of primary amides is 2. The van der Waals surface area contributed by atoms with Crippen LogP contribution in [0.2, 0.25) is 0 Å². The highest BCUT2D eigenvalue weighted by Crippen LogP contribution is 1.72. The molecule has 7 nitrogen and oxygen atoms in total. The van der Waals surface area contributed by atoms with Crippen LogP contribution in [0.3, 0.4) is 0 Å². The molecular formula is C6H12N4O3. The van der Waals surface area contributed by atoms with Gasteiger partial charge in [-0.1, -0.05) is 0 Å². The van der Waals surface area contributed by atoms with Crippen molar-refractivity contribution >= 4 is 17.8 Å². The summed E-state index contributed by atoms with van der Waals surface area (Å²) in [5.41, 5.74) is 9.51. The first-order valence-electron chi connectivity index (χ1n) is 3.60. The molecule has 4 amide bonds. The minimum Gasteiger partial charge on any atom is -0.370 e. The number of imide groups is 1. The van der Waals surface area contributed by atoms with Gasteiger partial charge >= 0.3 is 6.03 Å². The van der Waals surface area contributed by atoms with Crippen molar-refractivity contribution in [2.45, 2.75) is 6.42 Å². The SMILES string of the molecule is NC(=O)CCNCC(=O)NC(N)=O. The first kappa shape index (κ1) is 11.4. The molecule has 0 aliphatic rings. The van der Waals surface area contributed by atoms with Crippen LogP contribution in [0.1, 0.15) is 6.42 Å². The van der Waals surface area contributed by atoms with Gasteiger partial charge in [0.15, 0.2) is 0 Å². The summed E-state index contributed by atoms with van der Waals surface area (Å²) in [5.74, 6) is -1.00. The summed E-state index contributed by atoms with van der Waals surface area (Å²) in [6.07, 6.45) is 0.143. The summed E-state index contributed by atoms with van der Waals surface area (Å²) in [6.45, 7) is 0.220. The lowest BCUT2D eigenvalue weighted by Gasteiger charge is -2.01. The molecule has 0 fully saturated rings. The Balaban J connectivity index is 3.37. The molecule has 0 bridgehead atoms. The maximum atomic E-state index is 10.7. The van der Waals surface area contributed by atoms with E-state index in [4.69, 9.17) is 5.73 Å². The Morgan fingerprint density at radius 3 is 2.23 bits per heavy atom. The number of nitrogens with one attached hydrogen (secondary N) is 2. The molecule has 0 heterocycles. The Bertz CT molecular complexity index is 216. The van der Waals surface area contributed by atoms with Crippen molar-refractivity contribution in [3.63, 3.8) is 0 Å². The summed E-state index contributed by atoms with van der Waals surface area (Å²) >= 11 is 0. The number of urea groups is 1. The minimum absolute atomic E-state index is 0.0732. The second-order valence-electron chi connectivity index (χ2n) is 2.31. The molecule has 0 unspecified atom stereocenters. The third-order valence-corrected chi connectivity index (χ3v) is 1.10. The zero-order valence-corrected chi connectivity index (χ0v) is 7.00. The smallest absolute Gasteiger partial charge is 0.318 e. The van der Waals surface area contributed by atoms with Gasteiger partial charge in [-0.3, -0.25) is 14.9 Å². The van der Waals surface area contributed by atoms with E-state index in [2.05, 4.69) is 11.1 Å². The fourth-order valence-electron chi connectivity index (χ4n) is 0.595. The zero-order valence-electron chi connectivity index (χ0n) is 7.00. The van der Waals surface area contributed by atoms with Gasteiger partial charge in [-0.2, -0.15) is 0 Å². The molecule has 0 aliphatic heterocycles. The molecule has 6 N–H and O–H groups in total. The van der Waals surface area contributed by atoms with E-state index in [1.807, 2.05) is 5.32 Å². The van der Waals surface area contributed by atoms with Crippen LogP contribution in [-0.4, -0.2) is 30.9 Å². The second-order valence-corrected chi connectivity index (χ2v) is 2.31. The van der Waals surface area contributed by atoms with E-state index in [1.54, 1.807) is 0 Å². The van der Waals surface area contributed by atoms with Crippen molar-refractivity contribution in [1.29, 1.82) is 0 Å². The summed E-state index contributed by atoms with van der Waals surface area (Å²) in [4.78, 5) is 31.1. The molecule has 13 heavy (non-hydrogen) atoms. The number of nitrogens with two attached hydrogens (primary N) is 2. The van der Waals surface area contributed by atoms with Crippen LogP contribution in [0.25, 0.3) is 0 Å². The van der Waals surface area contributed by atoms with Crippen molar-refractivity contribution in [3.8, 4) is 0 Å². The molecular weight excluding hydrogens is 176 g/mol. The fraction of sp³-hybridized carbons (Fsp3) is 0.500. The van der Waals surface area contributed by atoms with Crippen molar-refractivity contribution in [2.75, 3.05) is 13.1 Å². The van der Waals surface area contributed by atoms with Gasteiger partial charge in [0.1, 0.15) is 0 Å². The molecule has 0 aromatic carbocycles. The van der Waals surface area contributed by atoms with E-state index in [9.17, 15) is 14.4 Å². The van der Waals surface area contributed by atoms with Gasteiger partial charge in [0, 0.05) is 13.0 Å². The lowest BCUT2D eigenvalue weighted by Crippen LogP contribution is -2.41. The van der Waals surface area contributed by atoms with Gasteiger partial charge in [0.25, 0.3) is 0 Å². The number of hydrogen-bond acceptors (Lipinski definition) is 4. The highest BCUT2D eigenvalue weighted by Gasteiger charge is 2.02. The Labute approximate surface area is 74.8 Å². The van der Waals surface area contributed by atoms with Gasteiger partial charge < -0.3 is 16.8 Å². The maximum absolute atomic E-state index is 10.7. The number of carbonyl (C=O) groups excluding carboxylic acids is 3. The third kappa shape index (κ3) is 8.27. The van der Waals surface area contributed by atoms with Gasteiger partial charge in [-0.05, 0) is 0 Å². The van der Waals surface area contributed by atoms with Crippen molar-refractivity contribution in [3.05, 3.63) is 0 Å². The monoisotopic (exact) mass is 188 g/mol. The third-order valence-electron chi connectivity index (χ3n) is 1.10. The normalized spacial score (nSPS) is 9.23. The minimum atomic E-state index is -0.901. The Hall–Kier alpha value is -1.63. The topological polar surface area (TPSA) is 127 Å². The molecule has 0 rings (SSSR count). The van der Waals surface area contributed by atoms with Crippen LogP contribution in [0.4, 0.5) is 4.79 Å². The van der Waals surface area contributed by atoms with E-state index in [1.165, 1.54) is 0 Å². The molecule has 0 aromatic heterocycles. The highest BCUT2D eigenvalue weighted by molar-refractivity contribution is 5.94. The second kappa shape index (κ2) is 5.95. The predicted octanol–water partition coefficient (Wildman–Crippen LogP) is -2.35. The summed E-state index contributed by atoms with van der Waals surface area (Å²) in [5, 5.41) is 4.45. The number of hydrogen-bond donors (Lipinski definition) is 4. The first-order chi connectivity index (χ1) is 6.02. The predicted molar refractivity (Wildman–Crippen MR) is 44.4 cm³/mol. The standard InChI is InChI=1S/C6H12N4O3/c7-4(11)1-2-9-3-5(12)10-6(8)13/h9H,1-3H2,(H2,7,11)(H3,8,10,12,13). The first-order valence-corrected chi connectivity index (χ1v) is 3.60. The van der Waals surface area contributed by atoms with E-state index in [-0.39, 0.29) is 13.0 Å². The fourth-order valence-corrected chi connectivity index (χ4v) is 0.595. The lowest BCUT2D eigenvalue weighted by atomic mass is 10.4. The zero-order chi connectivity index (χ0) is 10.3. The van der Waals surface area contributed by atoms with Gasteiger partial charge in [-0.15, -0.1) is 0 Å². The van der Waals surface area contributed by atoms with Crippen LogP contribution < -0.4 is 22.1 Å². The number of carbonyl (C=O) groups is 3.